The quantitative estimate of drug-likeness (QED) is 0.0541. The van der Waals surface area contributed by atoms with E-state index in [2.05, 4.69) is 57.2 Å². The largest absolute Gasteiger partial charge is 0.480 e. The van der Waals surface area contributed by atoms with Crippen LogP contribution in [0.25, 0.3) is 0 Å². The minimum Gasteiger partial charge on any atom is -0.480 e. The van der Waals surface area contributed by atoms with Crippen LogP contribution in [-0.2, 0) is 38.4 Å². The number of aliphatic hydroxyl groups is 1. The lowest BCUT2D eigenvalue weighted by Gasteiger charge is -2.27. The number of carbonyl (C=O) groups excluding carboxylic acids is 7. The minimum absolute atomic E-state index is 0.0113. The third-order valence-electron chi connectivity index (χ3n) is 5.97. The molecule has 12 N–H and O–H groups in total. The van der Waals surface area contributed by atoms with Gasteiger partial charge in [0.1, 0.15) is 36.3 Å². The number of carboxylic acids is 1. The van der Waals surface area contributed by atoms with Crippen LogP contribution in [0.5, 0.6) is 0 Å². The zero-order valence-electron chi connectivity index (χ0n) is 25.4. The molecule has 45 heavy (non-hydrogen) atoms. The van der Waals surface area contributed by atoms with Gasteiger partial charge in [-0.1, -0.05) is 13.8 Å². The maximum Gasteiger partial charge on any atom is 0.327 e. The van der Waals surface area contributed by atoms with Crippen molar-refractivity contribution in [2.75, 3.05) is 18.1 Å². The van der Waals surface area contributed by atoms with E-state index < -0.39 is 103 Å². The first-order valence-electron chi connectivity index (χ1n) is 13.8. The highest BCUT2D eigenvalue weighted by Crippen LogP contribution is 2.07. The molecule has 0 fully saturated rings. The molecule has 0 radical (unpaired) electrons. The first-order chi connectivity index (χ1) is 20.9. The van der Waals surface area contributed by atoms with Gasteiger partial charge >= 0.3 is 5.97 Å². The van der Waals surface area contributed by atoms with Gasteiger partial charge in [-0.25, -0.2) is 4.79 Å². The topological polar surface area (TPSA) is 301 Å². The van der Waals surface area contributed by atoms with E-state index >= 15 is 0 Å². The molecule has 0 aromatic heterocycles. The minimum atomic E-state index is -1.59. The molecule has 0 aromatic carbocycles. The Morgan fingerprint density at radius 2 is 1.04 bits per heavy atom. The summed E-state index contributed by atoms with van der Waals surface area (Å²) in [5, 5.41) is 32.6. The molecule has 256 valence electrons. The molecular weight excluding hydrogens is 636 g/mol. The second-order valence-electron chi connectivity index (χ2n) is 10.5. The van der Waals surface area contributed by atoms with Gasteiger partial charge in [0, 0.05) is 11.5 Å². The number of nitrogens with one attached hydrogen (secondary N) is 6. The summed E-state index contributed by atoms with van der Waals surface area (Å²) in [7, 11) is 0. The zero-order chi connectivity index (χ0) is 35.0. The van der Waals surface area contributed by atoms with Crippen LogP contribution in [-0.4, -0.2) is 118 Å². The van der Waals surface area contributed by atoms with E-state index in [-0.39, 0.29) is 23.8 Å². The molecule has 0 aliphatic heterocycles. The van der Waals surface area contributed by atoms with E-state index in [1.165, 1.54) is 13.8 Å². The molecule has 0 saturated heterocycles. The number of carboxylic acid groups (broad SMARTS) is 1. The van der Waals surface area contributed by atoms with Gasteiger partial charge in [0.2, 0.25) is 41.4 Å². The highest BCUT2D eigenvalue weighted by atomic mass is 32.1. The van der Waals surface area contributed by atoms with E-state index in [1.807, 2.05) is 0 Å². The van der Waals surface area contributed by atoms with Crippen molar-refractivity contribution in [2.45, 2.75) is 82.8 Å². The van der Waals surface area contributed by atoms with E-state index in [9.17, 15) is 43.5 Å². The Morgan fingerprint density at radius 3 is 1.49 bits per heavy atom. The van der Waals surface area contributed by atoms with Crippen molar-refractivity contribution in [3.8, 4) is 0 Å². The SMILES string of the molecule is CC(C)C[C@H](NC(=O)[C@H](CC(N)=O)NC(=O)[C@H](CS)NC(=O)[C@H](C)N)C(=O)N[C@@H](CO)C(=O)N[C@@H](C)C(=O)N[C@@H](CS)C(=O)O. The van der Waals surface area contributed by atoms with Crippen molar-refractivity contribution in [2.24, 2.45) is 17.4 Å². The highest BCUT2D eigenvalue weighted by Gasteiger charge is 2.33. The molecular formula is C25H44N8O10S2. The molecule has 7 atom stereocenters. The summed E-state index contributed by atoms with van der Waals surface area (Å²) in [6, 6.07) is -9.28. The smallest absolute Gasteiger partial charge is 0.327 e. The molecule has 0 unspecified atom stereocenters. The summed E-state index contributed by atoms with van der Waals surface area (Å²) in [6.45, 7) is 5.16. The van der Waals surface area contributed by atoms with E-state index in [0.29, 0.717) is 0 Å². The second-order valence-corrected chi connectivity index (χ2v) is 11.2. The Hall–Kier alpha value is -3.62. The van der Waals surface area contributed by atoms with Gasteiger partial charge in [-0.2, -0.15) is 25.3 Å². The van der Waals surface area contributed by atoms with Crippen LogP contribution < -0.4 is 43.4 Å². The normalized spacial score (nSPS) is 15.6. The zero-order valence-corrected chi connectivity index (χ0v) is 27.2. The third-order valence-corrected chi connectivity index (χ3v) is 6.70. The Balaban J connectivity index is 5.72. The van der Waals surface area contributed by atoms with Crippen LogP contribution in [0, 0.1) is 5.92 Å². The van der Waals surface area contributed by atoms with Crippen LogP contribution in [0.1, 0.15) is 40.5 Å². The average molecular weight is 681 g/mol. The molecule has 0 aliphatic rings. The van der Waals surface area contributed by atoms with Crippen LogP contribution in [0.3, 0.4) is 0 Å². The van der Waals surface area contributed by atoms with Crippen molar-refractivity contribution in [1.29, 1.82) is 0 Å². The monoisotopic (exact) mass is 680 g/mol. The molecule has 0 aromatic rings. The number of nitrogens with two attached hydrogens (primary N) is 2. The number of hydrogen-bond donors (Lipinski definition) is 12. The molecule has 18 nitrogen and oxygen atoms in total. The van der Waals surface area contributed by atoms with E-state index in [1.54, 1.807) is 13.8 Å². The summed E-state index contributed by atoms with van der Waals surface area (Å²) in [5.74, 6) is -8.26. The fourth-order valence-electron chi connectivity index (χ4n) is 3.48. The predicted molar refractivity (Wildman–Crippen MR) is 167 cm³/mol. The Morgan fingerprint density at radius 1 is 0.622 bits per heavy atom. The summed E-state index contributed by atoms with van der Waals surface area (Å²) >= 11 is 7.85. The molecule has 0 spiro atoms. The number of amides is 7. The number of carbonyl (C=O) groups is 8. The number of hydrogen-bond acceptors (Lipinski definition) is 12. The summed E-state index contributed by atoms with van der Waals surface area (Å²) in [6.07, 6.45) is -0.664. The van der Waals surface area contributed by atoms with Crippen LogP contribution >= 0.6 is 25.3 Å². The standard InChI is InChI=1S/C25H44N8O10S2/c1-10(2)5-13(21(38)31-15(7-34)23(40)28-12(4)20(37)33-17(9-45)25(42)43)29-22(39)14(6-18(27)35)30-24(41)16(8-44)32-19(36)11(3)26/h10-17,34,44-45H,5-9,26H2,1-4H3,(H2,27,35)(H,28,40)(H,29,39)(H,30,41)(H,31,38)(H,32,36)(H,33,37)(H,42,43)/t11-,12-,13-,14-,15-,16-,17-/m0/s1. The Labute approximate surface area is 271 Å². The Kier molecular flexibility index (Phi) is 18.8. The predicted octanol–water partition coefficient (Wildman–Crippen LogP) is -4.88. The highest BCUT2D eigenvalue weighted by molar-refractivity contribution is 7.80. The number of rotatable bonds is 20. The van der Waals surface area contributed by atoms with Gasteiger partial charge in [-0.05, 0) is 26.2 Å². The molecule has 7 amide bonds. The van der Waals surface area contributed by atoms with Crippen molar-refractivity contribution in [3.63, 3.8) is 0 Å². The van der Waals surface area contributed by atoms with Crippen molar-refractivity contribution >= 4 is 72.6 Å². The Bertz CT molecular complexity index is 1090. The summed E-state index contributed by atoms with van der Waals surface area (Å²) in [4.78, 5) is 98.8. The number of thiol groups is 2. The van der Waals surface area contributed by atoms with Gasteiger partial charge in [-0.15, -0.1) is 0 Å². The first-order valence-corrected chi connectivity index (χ1v) is 15.1. The number of aliphatic carboxylic acids is 1. The first kappa shape index (κ1) is 41.4. The van der Waals surface area contributed by atoms with Crippen molar-refractivity contribution in [1.82, 2.24) is 31.9 Å². The fraction of sp³-hybridized carbons (Fsp3) is 0.680. The number of aliphatic hydroxyl groups excluding tert-OH is 1. The van der Waals surface area contributed by atoms with Crippen LogP contribution in [0.4, 0.5) is 0 Å². The number of primary amides is 1. The summed E-state index contributed by atoms with van der Waals surface area (Å²) < 4.78 is 0. The maximum atomic E-state index is 13.2. The summed E-state index contributed by atoms with van der Waals surface area (Å²) in [5.41, 5.74) is 10.7. The lowest BCUT2D eigenvalue weighted by Crippen LogP contribution is -2.60. The van der Waals surface area contributed by atoms with Gasteiger partial charge in [0.25, 0.3) is 0 Å². The third kappa shape index (κ3) is 15.3. The average Bonchev–Trinajstić information content (AvgIpc) is 2.94. The second kappa shape index (κ2) is 20.4. The van der Waals surface area contributed by atoms with E-state index in [0.717, 1.165) is 0 Å². The van der Waals surface area contributed by atoms with Crippen LogP contribution in [0.2, 0.25) is 0 Å². The fourth-order valence-corrected chi connectivity index (χ4v) is 3.99. The van der Waals surface area contributed by atoms with Gasteiger partial charge in [0.05, 0.1) is 19.1 Å². The van der Waals surface area contributed by atoms with Crippen molar-refractivity contribution in [3.05, 3.63) is 0 Å². The van der Waals surface area contributed by atoms with E-state index in [4.69, 9.17) is 16.6 Å². The lowest BCUT2D eigenvalue weighted by atomic mass is 10.0. The molecule has 0 rings (SSSR count). The van der Waals surface area contributed by atoms with Gasteiger partial charge in [-0.3, -0.25) is 33.6 Å². The van der Waals surface area contributed by atoms with Gasteiger partial charge < -0.3 is 53.6 Å². The maximum absolute atomic E-state index is 13.2. The van der Waals surface area contributed by atoms with Crippen molar-refractivity contribution < 1.29 is 48.6 Å². The molecule has 0 bridgehead atoms. The molecule has 0 saturated carbocycles. The molecule has 0 aliphatic carbocycles. The van der Waals surface area contributed by atoms with Gasteiger partial charge in [0.15, 0.2) is 0 Å². The molecule has 20 heteroatoms. The lowest BCUT2D eigenvalue weighted by molar-refractivity contribution is -0.141. The molecule has 0 heterocycles. The van der Waals surface area contributed by atoms with Crippen LogP contribution in [0.15, 0.2) is 0 Å².